The Labute approximate surface area is 135 Å². The molecular formula is C15H14BrN3O3. The topological polar surface area (TPSA) is 66.7 Å². The predicted octanol–water partition coefficient (Wildman–Crippen LogP) is 2.04. The number of hydrogen-bond acceptors (Lipinski definition) is 4. The van der Waals surface area contributed by atoms with E-state index in [9.17, 15) is 9.59 Å². The first kappa shape index (κ1) is 14.8. The van der Waals surface area contributed by atoms with Crippen LogP contribution in [0.25, 0.3) is 0 Å². The monoisotopic (exact) mass is 363 g/mol. The van der Waals surface area contributed by atoms with Crippen LogP contribution in [-0.4, -0.2) is 52.8 Å². The Hall–Kier alpha value is -2.15. The first-order valence-corrected chi connectivity index (χ1v) is 7.67. The fourth-order valence-electron chi connectivity index (χ4n) is 2.38. The van der Waals surface area contributed by atoms with Gasteiger partial charge in [0, 0.05) is 43.0 Å². The molecule has 2 aromatic heterocycles. The molecule has 22 heavy (non-hydrogen) atoms. The van der Waals surface area contributed by atoms with Gasteiger partial charge >= 0.3 is 0 Å². The van der Waals surface area contributed by atoms with Crippen LogP contribution in [0.3, 0.4) is 0 Å². The third-order valence-corrected chi connectivity index (χ3v) is 3.97. The van der Waals surface area contributed by atoms with Gasteiger partial charge in [-0.15, -0.1) is 0 Å². The maximum absolute atomic E-state index is 12.4. The molecule has 1 aliphatic heterocycles. The maximum atomic E-state index is 12.4. The number of amides is 2. The summed E-state index contributed by atoms with van der Waals surface area (Å²) in [6, 6.07) is 5.08. The lowest BCUT2D eigenvalue weighted by Crippen LogP contribution is -2.50. The zero-order valence-corrected chi connectivity index (χ0v) is 13.3. The molecular weight excluding hydrogens is 350 g/mol. The molecule has 3 heterocycles. The Morgan fingerprint density at radius 3 is 2.36 bits per heavy atom. The van der Waals surface area contributed by atoms with Crippen LogP contribution in [0.2, 0.25) is 0 Å². The molecule has 0 unspecified atom stereocenters. The minimum atomic E-state index is -0.138. The number of carbonyl (C=O) groups excluding carboxylic acids is 2. The van der Waals surface area contributed by atoms with Crippen molar-refractivity contribution in [3.05, 3.63) is 52.7 Å². The third-order valence-electron chi connectivity index (χ3n) is 3.54. The van der Waals surface area contributed by atoms with Crippen LogP contribution in [0.1, 0.15) is 20.9 Å². The molecule has 0 bridgehead atoms. The van der Waals surface area contributed by atoms with Crippen LogP contribution >= 0.6 is 15.9 Å². The van der Waals surface area contributed by atoms with Gasteiger partial charge in [-0.05, 0) is 34.1 Å². The van der Waals surface area contributed by atoms with Gasteiger partial charge in [-0.3, -0.25) is 14.6 Å². The van der Waals surface area contributed by atoms with E-state index >= 15 is 0 Å². The molecule has 7 heteroatoms. The maximum Gasteiger partial charge on any atom is 0.289 e. The standard InChI is InChI=1S/C15H14BrN3O3/c16-12-8-11(9-17-10-12)14(20)18-3-5-19(6-4-18)15(21)13-2-1-7-22-13/h1-2,7-10H,3-6H2. The van der Waals surface area contributed by atoms with Crippen molar-refractivity contribution in [2.24, 2.45) is 0 Å². The Balaban J connectivity index is 1.62. The highest BCUT2D eigenvalue weighted by Gasteiger charge is 2.26. The smallest absolute Gasteiger partial charge is 0.289 e. The van der Waals surface area contributed by atoms with Gasteiger partial charge in [0.25, 0.3) is 11.8 Å². The summed E-state index contributed by atoms with van der Waals surface area (Å²) < 4.78 is 5.89. The van der Waals surface area contributed by atoms with Crippen LogP contribution in [0.4, 0.5) is 0 Å². The summed E-state index contributed by atoms with van der Waals surface area (Å²) >= 11 is 3.31. The van der Waals surface area contributed by atoms with Crippen molar-refractivity contribution in [3.63, 3.8) is 0 Å². The first-order chi connectivity index (χ1) is 10.6. The lowest BCUT2D eigenvalue weighted by atomic mass is 10.2. The van der Waals surface area contributed by atoms with E-state index in [0.29, 0.717) is 37.5 Å². The number of halogens is 1. The van der Waals surface area contributed by atoms with Crippen LogP contribution in [0.5, 0.6) is 0 Å². The van der Waals surface area contributed by atoms with E-state index < -0.39 is 0 Å². The van der Waals surface area contributed by atoms with Gasteiger partial charge in [0.1, 0.15) is 0 Å². The first-order valence-electron chi connectivity index (χ1n) is 6.88. The van der Waals surface area contributed by atoms with E-state index in [1.54, 1.807) is 40.4 Å². The Morgan fingerprint density at radius 2 is 1.77 bits per heavy atom. The molecule has 1 fully saturated rings. The van der Waals surface area contributed by atoms with E-state index in [1.807, 2.05) is 0 Å². The fourth-order valence-corrected chi connectivity index (χ4v) is 2.74. The molecule has 0 saturated carbocycles. The summed E-state index contributed by atoms with van der Waals surface area (Å²) in [6.07, 6.45) is 4.66. The summed E-state index contributed by atoms with van der Waals surface area (Å²) in [5, 5.41) is 0. The van der Waals surface area contributed by atoms with Crippen molar-refractivity contribution in [2.75, 3.05) is 26.2 Å². The van der Waals surface area contributed by atoms with Crippen LogP contribution in [-0.2, 0) is 0 Å². The molecule has 2 aromatic rings. The highest BCUT2D eigenvalue weighted by atomic mass is 79.9. The summed E-state index contributed by atoms with van der Waals surface area (Å²) in [5.41, 5.74) is 0.542. The number of piperazine rings is 1. The molecule has 0 aromatic carbocycles. The molecule has 0 radical (unpaired) electrons. The zero-order valence-electron chi connectivity index (χ0n) is 11.7. The van der Waals surface area contributed by atoms with E-state index in [1.165, 1.54) is 6.26 Å². The van der Waals surface area contributed by atoms with Gasteiger partial charge in [-0.2, -0.15) is 0 Å². The normalized spacial score (nSPS) is 15.0. The summed E-state index contributed by atoms with van der Waals surface area (Å²) in [6.45, 7) is 1.98. The van der Waals surface area contributed by atoms with E-state index in [4.69, 9.17) is 4.42 Å². The average molecular weight is 364 g/mol. The van der Waals surface area contributed by atoms with Gasteiger partial charge in [-0.25, -0.2) is 0 Å². The van der Waals surface area contributed by atoms with Crippen LogP contribution in [0.15, 0.2) is 45.7 Å². The van der Waals surface area contributed by atoms with Gasteiger partial charge in [-0.1, -0.05) is 0 Å². The van der Waals surface area contributed by atoms with Crippen molar-refractivity contribution < 1.29 is 14.0 Å². The number of nitrogens with zero attached hydrogens (tertiary/aromatic N) is 3. The molecule has 0 aliphatic carbocycles. The molecule has 6 nitrogen and oxygen atoms in total. The molecule has 114 valence electrons. The van der Waals surface area contributed by atoms with Gasteiger partial charge in [0.15, 0.2) is 5.76 Å². The van der Waals surface area contributed by atoms with Gasteiger partial charge < -0.3 is 14.2 Å². The lowest BCUT2D eigenvalue weighted by molar-refractivity contribution is 0.0518. The minimum absolute atomic E-state index is 0.0705. The zero-order chi connectivity index (χ0) is 15.5. The van der Waals surface area contributed by atoms with Crippen molar-refractivity contribution in [1.29, 1.82) is 0 Å². The predicted molar refractivity (Wildman–Crippen MR) is 82.5 cm³/mol. The summed E-state index contributed by atoms with van der Waals surface area (Å²) in [4.78, 5) is 32.0. The Kier molecular flexibility index (Phi) is 4.24. The van der Waals surface area contributed by atoms with Crippen LogP contribution in [0, 0.1) is 0 Å². The lowest BCUT2D eigenvalue weighted by Gasteiger charge is -2.34. The fraction of sp³-hybridized carbons (Fsp3) is 0.267. The highest BCUT2D eigenvalue weighted by molar-refractivity contribution is 9.10. The number of rotatable bonds is 2. The van der Waals surface area contributed by atoms with Crippen molar-refractivity contribution in [3.8, 4) is 0 Å². The largest absolute Gasteiger partial charge is 0.459 e. The van der Waals surface area contributed by atoms with Crippen molar-refractivity contribution >= 4 is 27.7 Å². The summed E-state index contributed by atoms with van der Waals surface area (Å²) in [7, 11) is 0. The number of aromatic nitrogens is 1. The van der Waals surface area contributed by atoms with Crippen LogP contribution < -0.4 is 0 Å². The number of hydrogen-bond donors (Lipinski definition) is 0. The Bertz CT molecular complexity index is 679. The van der Waals surface area contributed by atoms with Crippen molar-refractivity contribution in [2.45, 2.75) is 0 Å². The molecule has 1 aliphatic rings. The van der Waals surface area contributed by atoms with Crippen molar-refractivity contribution in [1.82, 2.24) is 14.8 Å². The summed E-state index contributed by atoms with van der Waals surface area (Å²) in [5.74, 6) is 0.121. The molecule has 2 amide bonds. The molecule has 0 spiro atoms. The second-order valence-electron chi connectivity index (χ2n) is 4.95. The molecule has 0 N–H and O–H groups in total. The number of furan rings is 1. The minimum Gasteiger partial charge on any atom is -0.459 e. The SMILES string of the molecule is O=C(c1cncc(Br)c1)N1CCN(C(=O)c2ccco2)CC1. The third kappa shape index (κ3) is 3.04. The second-order valence-corrected chi connectivity index (χ2v) is 5.87. The molecule has 0 atom stereocenters. The molecule has 1 saturated heterocycles. The van der Waals surface area contributed by atoms with E-state index in [2.05, 4.69) is 20.9 Å². The highest BCUT2D eigenvalue weighted by Crippen LogP contribution is 2.14. The number of carbonyl (C=O) groups is 2. The van der Waals surface area contributed by atoms with E-state index in [-0.39, 0.29) is 11.8 Å². The average Bonchev–Trinajstić information content (AvgIpc) is 3.08. The Morgan fingerprint density at radius 1 is 1.09 bits per heavy atom. The number of pyridine rings is 1. The quantitative estimate of drug-likeness (QED) is 0.818. The second kappa shape index (κ2) is 6.31. The van der Waals surface area contributed by atoms with Gasteiger partial charge in [0.2, 0.25) is 0 Å². The van der Waals surface area contributed by atoms with Gasteiger partial charge in [0.05, 0.1) is 11.8 Å². The molecule has 3 rings (SSSR count). The van der Waals surface area contributed by atoms with E-state index in [0.717, 1.165) is 4.47 Å².